The molecule has 0 unspecified atom stereocenters. The molecule has 0 saturated carbocycles. The van der Waals surface area contributed by atoms with E-state index in [1.165, 1.54) is 28.0 Å². The molecule has 118 valence electrons. The van der Waals surface area contributed by atoms with E-state index in [1.54, 1.807) is 16.3 Å². The van der Waals surface area contributed by atoms with Gasteiger partial charge in [-0.3, -0.25) is 4.79 Å². The van der Waals surface area contributed by atoms with E-state index in [1.807, 2.05) is 5.38 Å². The normalized spacial score (nSPS) is 16.8. The van der Waals surface area contributed by atoms with Crippen molar-refractivity contribution in [1.82, 2.24) is 14.4 Å². The van der Waals surface area contributed by atoms with Crippen molar-refractivity contribution in [3.63, 3.8) is 0 Å². The Hall–Kier alpha value is -1.71. The minimum atomic E-state index is -3.43. The standard InChI is InChI=1S/C13H15N3O4S2/c17-13(11-2-8-21-9-11)15-3-5-16(6-4-15)22(18,19)10-12-1-7-20-14-12/h1-2,7-9H,3-6,10H2. The van der Waals surface area contributed by atoms with E-state index < -0.39 is 10.0 Å². The number of hydrogen-bond donors (Lipinski definition) is 0. The first-order chi connectivity index (χ1) is 10.6. The summed E-state index contributed by atoms with van der Waals surface area (Å²) in [4.78, 5) is 13.9. The van der Waals surface area contributed by atoms with Crippen LogP contribution in [0.5, 0.6) is 0 Å². The Kier molecular flexibility index (Phi) is 4.27. The summed E-state index contributed by atoms with van der Waals surface area (Å²) in [5.41, 5.74) is 1.04. The number of nitrogens with zero attached hydrogens (tertiary/aromatic N) is 3. The molecule has 1 fully saturated rings. The van der Waals surface area contributed by atoms with Gasteiger partial charge >= 0.3 is 0 Å². The highest BCUT2D eigenvalue weighted by Gasteiger charge is 2.29. The van der Waals surface area contributed by atoms with Crippen LogP contribution < -0.4 is 0 Å². The van der Waals surface area contributed by atoms with Crippen LogP contribution in [0.2, 0.25) is 0 Å². The van der Waals surface area contributed by atoms with Gasteiger partial charge in [0.1, 0.15) is 12.0 Å². The smallest absolute Gasteiger partial charge is 0.254 e. The summed E-state index contributed by atoms with van der Waals surface area (Å²) in [5, 5.41) is 7.28. The van der Waals surface area contributed by atoms with Gasteiger partial charge in [-0.15, -0.1) is 0 Å². The van der Waals surface area contributed by atoms with Crippen LogP contribution in [-0.4, -0.2) is 54.9 Å². The van der Waals surface area contributed by atoms with Crippen LogP contribution in [-0.2, 0) is 15.8 Å². The number of aromatic nitrogens is 1. The van der Waals surface area contributed by atoms with Crippen molar-refractivity contribution in [1.29, 1.82) is 0 Å². The van der Waals surface area contributed by atoms with Crippen molar-refractivity contribution in [3.8, 4) is 0 Å². The summed E-state index contributed by atoms with van der Waals surface area (Å²) in [6.45, 7) is 1.39. The fourth-order valence-corrected chi connectivity index (χ4v) is 4.38. The molecule has 3 heterocycles. The Labute approximate surface area is 132 Å². The topological polar surface area (TPSA) is 83.7 Å². The molecule has 3 rings (SSSR count). The lowest BCUT2D eigenvalue weighted by molar-refractivity contribution is 0.0698. The van der Waals surface area contributed by atoms with Crippen LogP contribution in [0.3, 0.4) is 0 Å². The number of carbonyl (C=O) groups is 1. The second-order valence-electron chi connectivity index (χ2n) is 4.95. The van der Waals surface area contributed by atoms with Crippen LogP contribution >= 0.6 is 11.3 Å². The third kappa shape index (κ3) is 3.21. The molecule has 1 amide bonds. The molecule has 2 aromatic heterocycles. The molecule has 1 aliphatic rings. The van der Waals surface area contributed by atoms with Gasteiger partial charge in [0.05, 0.1) is 11.3 Å². The fourth-order valence-electron chi connectivity index (χ4n) is 2.33. The first-order valence-corrected chi connectivity index (χ1v) is 9.30. The molecule has 0 N–H and O–H groups in total. The summed E-state index contributed by atoms with van der Waals surface area (Å²) in [7, 11) is -3.43. The number of rotatable bonds is 4. The molecule has 1 aliphatic heterocycles. The van der Waals surface area contributed by atoms with E-state index in [2.05, 4.69) is 9.68 Å². The lowest BCUT2D eigenvalue weighted by Gasteiger charge is -2.33. The molecular weight excluding hydrogens is 326 g/mol. The van der Waals surface area contributed by atoms with Crippen LogP contribution in [0.15, 0.2) is 33.7 Å². The highest BCUT2D eigenvalue weighted by Crippen LogP contribution is 2.15. The van der Waals surface area contributed by atoms with Gasteiger partial charge in [-0.2, -0.15) is 15.6 Å². The molecule has 22 heavy (non-hydrogen) atoms. The predicted octanol–water partition coefficient (Wildman–Crippen LogP) is 1.02. The van der Waals surface area contributed by atoms with Gasteiger partial charge in [0.2, 0.25) is 10.0 Å². The molecule has 2 aromatic rings. The second kappa shape index (κ2) is 6.19. The minimum absolute atomic E-state index is 0.0465. The highest BCUT2D eigenvalue weighted by atomic mass is 32.2. The number of carbonyl (C=O) groups excluding carboxylic acids is 1. The van der Waals surface area contributed by atoms with Gasteiger partial charge in [0.25, 0.3) is 5.91 Å². The SMILES string of the molecule is O=C(c1ccsc1)N1CCN(S(=O)(=O)Cc2ccon2)CC1. The number of sulfonamides is 1. The molecule has 0 atom stereocenters. The molecule has 1 saturated heterocycles. The Balaban J connectivity index is 1.60. The molecule has 0 aromatic carbocycles. The lowest BCUT2D eigenvalue weighted by atomic mass is 10.2. The van der Waals surface area contributed by atoms with Crippen molar-refractivity contribution in [3.05, 3.63) is 40.4 Å². The van der Waals surface area contributed by atoms with Crippen LogP contribution in [0, 0.1) is 0 Å². The number of piperazine rings is 1. The molecular formula is C13H15N3O4S2. The van der Waals surface area contributed by atoms with E-state index >= 15 is 0 Å². The predicted molar refractivity (Wildman–Crippen MR) is 80.9 cm³/mol. The number of hydrogen-bond acceptors (Lipinski definition) is 6. The van der Waals surface area contributed by atoms with Gasteiger partial charge in [-0.1, -0.05) is 5.16 Å². The third-order valence-electron chi connectivity index (χ3n) is 3.51. The van der Waals surface area contributed by atoms with E-state index in [9.17, 15) is 13.2 Å². The van der Waals surface area contributed by atoms with E-state index in [0.29, 0.717) is 37.4 Å². The second-order valence-corrected chi connectivity index (χ2v) is 7.70. The van der Waals surface area contributed by atoms with Crippen LogP contribution in [0.1, 0.15) is 16.1 Å². The molecule has 0 spiro atoms. The van der Waals surface area contributed by atoms with Crippen molar-refractivity contribution in [2.24, 2.45) is 0 Å². The number of amides is 1. The Morgan fingerprint density at radius 3 is 2.64 bits per heavy atom. The van der Waals surface area contributed by atoms with Crippen LogP contribution in [0.4, 0.5) is 0 Å². The first-order valence-electron chi connectivity index (χ1n) is 6.75. The van der Waals surface area contributed by atoms with Crippen LogP contribution in [0.25, 0.3) is 0 Å². The molecule has 9 heteroatoms. The summed E-state index contributed by atoms with van der Waals surface area (Å²) in [5.74, 6) is -0.225. The van der Waals surface area contributed by atoms with Crippen molar-refractivity contribution in [2.75, 3.05) is 26.2 Å². The van der Waals surface area contributed by atoms with Gasteiger partial charge in [0.15, 0.2) is 0 Å². The largest absolute Gasteiger partial charge is 0.364 e. The number of thiophene rings is 1. The molecule has 0 aliphatic carbocycles. The molecule has 0 bridgehead atoms. The van der Waals surface area contributed by atoms with Crippen molar-refractivity contribution < 1.29 is 17.7 Å². The third-order valence-corrected chi connectivity index (χ3v) is 6.00. The van der Waals surface area contributed by atoms with Gasteiger partial charge < -0.3 is 9.42 Å². The average Bonchev–Trinajstić information content (AvgIpc) is 3.19. The maximum absolute atomic E-state index is 12.3. The quantitative estimate of drug-likeness (QED) is 0.829. The zero-order valence-corrected chi connectivity index (χ0v) is 13.3. The monoisotopic (exact) mass is 341 g/mol. The van der Waals surface area contributed by atoms with E-state index in [4.69, 9.17) is 0 Å². The van der Waals surface area contributed by atoms with E-state index in [-0.39, 0.29) is 11.7 Å². The maximum atomic E-state index is 12.3. The van der Waals surface area contributed by atoms with Crippen molar-refractivity contribution >= 4 is 27.3 Å². The summed E-state index contributed by atoms with van der Waals surface area (Å²) < 4.78 is 30.7. The summed E-state index contributed by atoms with van der Waals surface area (Å²) in [6.07, 6.45) is 1.35. The first kappa shape index (κ1) is 15.2. The summed E-state index contributed by atoms with van der Waals surface area (Å²) >= 11 is 1.47. The minimum Gasteiger partial charge on any atom is -0.364 e. The Morgan fingerprint density at radius 1 is 1.27 bits per heavy atom. The fraction of sp³-hybridized carbons (Fsp3) is 0.385. The maximum Gasteiger partial charge on any atom is 0.254 e. The zero-order chi connectivity index (χ0) is 15.6. The lowest BCUT2D eigenvalue weighted by Crippen LogP contribution is -2.50. The summed E-state index contributed by atoms with van der Waals surface area (Å²) in [6, 6.07) is 3.31. The van der Waals surface area contributed by atoms with Gasteiger partial charge in [0, 0.05) is 37.6 Å². The Morgan fingerprint density at radius 2 is 2.05 bits per heavy atom. The highest BCUT2D eigenvalue weighted by molar-refractivity contribution is 7.88. The van der Waals surface area contributed by atoms with Gasteiger partial charge in [-0.05, 0) is 11.4 Å². The average molecular weight is 341 g/mol. The van der Waals surface area contributed by atoms with Crippen molar-refractivity contribution in [2.45, 2.75) is 5.75 Å². The zero-order valence-electron chi connectivity index (χ0n) is 11.7. The van der Waals surface area contributed by atoms with Gasteiger partial charge in [-0.25, -0.2) is 8.42 Å². The molecule has 7 nitrogen and oxygen atoms in total. The molecule has 0 radical (unpaired) electrons. The van der Waals surface area contributed by atoms with E-state index in [0.717, 1.165) is 0 Å². The Bertz CT molecular complexity index is 717.